The van der Waals surface area contributed by atoms with Gasteiger partial charge in [-0.3, -0.25) is 4.79 Å². The minimum Gasteiger partial charge on any atom is -0.466 e. The molecule has 1 atom stereocenters. The molecule has 3 rings (SSSR count). The summed E-state index contributed by atoms with van der Waals surface area (Å²) in [6.07, 6.45) is 2.55. The van der Waals surface area contributed by atoms with E-state index in [1.54, 1.807) is 19.5 Å². The number of ether oxygens (including phenoxy) is 1. The van der Waals surface area contributed by atoms with Gasteiger partial charge in [-0.05, 0) is 19.9 Å². The topological polar surface area (TPSA) is 60.5 Å². The average Bonchev–Trinajstić information content (AvgIpc) is 3.01. The second-order valence-corrected chi connectivity index (χ2v) is 5.82. The van der Waals surface area contributed by atoms with E-state index in [0.29, 0.717) is 24.5 Å². The standard InChI is InChI=1S/C16H21N3O3/c1-10-5-13(11(2)22-10)16(20)19-7-14-15(18(3)9-17-14)6-12(19)8-21-4/h5,9,12H,6-8H2,1-4H3. The van der Waals surface area contributed by atoms with Crippen LogP contribution in [-0.2, 0) is 24.8 Å². The molecule has 1 amide bonds. The molecule has 0 bridgehead atoms. The third-order valence-corrected chi connectivity index (χ3v) is 4.23. The van der Waals surface area contributed by atoms with Gasteiger partial charge in [0.25, 0.3) is 5.91 Å². The van der Waals surface area contributed by atoms with Crippen LogP contribution in [0.15, 0.2) is 16.8 Å². The van der Waals surface area contributed by atoms with Crippen molar-refractivity contribution in [3.8, 4) is 0 Å². The number of hydrogen-bond donors (Lipinski definition) is 0. The van der Waals surface area contributed by atoms with E-state index in [9.17, 15) is 4.79 Å². The van der Waals surface area contributed by atoms with Gasteiger partial charge in [0.1, 0.15) is 11.5 Å². The van der Waals surface area contributed by atoms with Crippen LogP contribution in [0, 0.1) is 13.8 Å². The zero-order valence-corrected chi connectivity index (χ0v) is 13.4. The van der Waals surface area contributed by atoms with Crippen LogP contribution in [0.2, 0.25) is 0 Å². The Hall–Kier alpha value is -2.08. The molecule has 0 spiro atoms. The molecule has 6 nitrogen and oxygen atoms in total. The summed E-state index contributed by atoms with van der Waals surface area (Å²) < 4.78 is 12.8. The van der Waals surface area contributed by atoms with E-state index < -0.39 is 0 Å². The van der Waals surface area contributed by atoms with Crippen molar-refractivity contribution in [1.29, 1.82) is 0 Å². The van der Waals surface area contributed by atoms with Crippen LogP contribution >= 0.6 is 0 Å². The number of aromatic nitrogens is 2. The van der Waals surface area contributed by atoms with Crippen molar-refractivity contribution in [1.82, 2.24) is 14.5 Å². The average molecular weight is 303 g/mol. The number of amides is 1. The molecule has 0 aliphatic carbocycles. The lowest BCUT2D eigenvalue weighted by Crippen LogP contribution is -2.47. The van der Waals surface area contributed by atoms with Gasteiger partial charge in [-0.1, -0.05) is 0 Å². The molecule has 0 aromatic carbocycles. The van der Waals surface area contributed by atoms with E-state index in [2.05, 4.69) is 4.98 Å². The molecule has 2 aromatic heterocycles. The summed E-state index contributed by atoms with van der Waals surface area (Å²) in [4.78, 5) is 19.2. The Morgan fingerprint density at radius 1 is 1.50 bits per heavy atom. The van der Waals surface area contributed by atoms with Crippen molar-refractivity contribution in [3.05, 3.63) is 40.9 Å². The number of furan rings is 1. The fraction of sp³-hybridized carbons (Fsp3) is 0.500. The van der Waals surface area contributed by atoms with Crippen LogP contribution in [0.4, 0.5) is 0 Å². The largest absolute Gasteiger partial charge is 0.466 e. The lowest BCUT2D eigenvalue weighted by atomic mass is 10.0. The summed E-state index contributed by atoms with van der Waals surface area (Å²) in [5.41, 5.74) is 2.75. The van der Waals surface area contributed by atoms with Gasteiger partial charge in [-0.15, -0.1) is 0 Å². The van der Waals surface area contributed by atoms with E-state index in [-0.39, 0.29) is 11.9 Å². The monoisotopic (exact) mass is 303 g/mol. The third-order valence-electron chi connectivity index (χ3n) is 4.23. The Kier molecular flexibility index (Phi) is 3.78. The first kappa shape index (κ1) is 14.8. The van der Waals surface area contributed by atoms with Gasteiger partial charge in [0.05, 0.1) is 36.8 Å². The fourth-order valence-electron chi connectivity index (χ4n) is 3.10. The van der Waals surface area contributed by atoms with Crippen LogP contribution in [0.3, 0.4) is 0 Å². The number of imidazole rings is 1. The number of methoxy groups -OCH3 is 1. The number of carbonyl (C=O) groups excluding carboxylic acids is 1. The Labute approximate surface area is 129 Å². The normalized spacial score (nSPS) is 17.6. The molecule has 0 fully saturated rings. The minimum atomic E-state index is -0.0206. The van der Waals surface area contributed by atoms with Crippen molar-refractivity contribution < 1.29 is 13.9 Å². The first-order valence-corrected chi connectivity index (χ1v) is 7.37. The zero-order valence-electron chi connectivity index (χ0n) is 13.4. The molecule has 1 aliphatic heterocycles. The molecule has 6 heteroatoms. The smallest absolute Gasteiger partial charge is 0.258 e. The van der Waals surface area contributed by atoms with Crippen LogP contribution in [-0.4, -0.2) is 40.1 Å². The highest BCUT2D eigenvalue weighted by atomic mass is 16.5. The number of hydrogen-bond acceptors (Lipinski definition) is 4. The molecule has 0 N–H and O–H groups in total. The van der Waals surface area contributed by atoms with E-state index in [4.69, 9.17) is 9.15 Å². The minimum absolute atomic E-state index is 0.00926. The summed E-state index contributed by atoms with van der Waals surface area (Å²) in [6.45, 7) is 4.68. The third kappa shape index (κ3) is 2.43. The highest BCUT2D eigenvalue weighted by molar-refractivity contribution is 5.95. The van der Waals surface area contributed by atoms with E-state index in [1.807, 2.05) is 30.4 Å². The summed E-state index contributed by atoms with van der Waals surface area (Å²) in [5.74, 6) is 1.39. The molecule has 3 heterocycles. The molecular weight excluding hydrogens is 282 g/mol. The van der Waals surface area contributed by atoms with Gasteiger partial charge in [-0.2, -0.15) is 0 Å². The second-order valence-electron chi connectivity index (χ2n) is 5.82. The SMILES string of the molecule is COCC1Cc2c(ncn2C)CN1C(=O)c1cc(C)oc1C. The molecular formula is C16H21N3O3. The lowest BCUT2D eigenvalue weighted by Gasteiger charge is -2.35. The van der Waals surface area contributed by atoms with Gasteiger partial charge in [0.15, 0.2) is 0 Å². The Bertz CT molecular complexity index is 702. The summed E-state index contributed by atoms with van der Waals surface area (Å²) in [7, 11) is 3.64. The number of nitrogens with zero attached hydrogens (tertiary/aromatic N) is 3. The van der Waals surface area contributed by atoms with Crippen molar-refractivity contribution in [3.63, 3.8) is 0 Å². The molecule has 1 unspecified atom stereocenters. The van der Waals surface area contributed by atoms with Gasteiger partial charge in [-0.25, -0.2) is 4.98 Å². The van der Waals surface area contributed by atoms with Gasteiger partial charge in [0, 0.05) is 26.3 Å². The van der Waals surface area contributed by atoms with Crippen LogP contribution < -0.4 is 0 Å². The number of aryl methyl sites for hydroxylation is 3. The Balaban J connectivity index is 1.93. The van der Waals surface area contributed by atoms with Gasteiger partial charge >= 0.3 is 0 Å². The van der Waals surface area contributed by atoms with Crippen LogP contribution in [0.1, 0.15) is 33.3 Å². The maximum Gasteiger partial charge on any atom is 0.258 e. The van der Waals surface area contributed by atoms with Gasteiger partial charge < -0.3 is 18.6 Å². The molecule has 0 saturated heterocycles. The van der Waals surface area contributed by atoms with E-state index >= 15 is 0 Å². The summed E-state index contributed by atoms with van der Waals surface area (Å²) >= 11 is 0. The Morgan fingerprint density at radius 2 is 2.27 bits per heavy atom. The summed E-state index contributed by atoms with van der Waals surface area (Å²) in [6, 6.07) is 1.81. The molecule has 0 saturated carbocycles. The predicted molar refractivity (Wildman–Crippen MR) is 80.6 cm³/mol. The van der Waals surface area contributed by atoms with Crippen molar-refractivity contribution in [2.45, 2.75) is 32.9 Å². The predicted octanol–water partition coefficient (Wildman–Crippen LogP) is 1.84. The quantitative estimate of drug-likeness (QED) is 0.868. The molecule has 0 radical (unpaired) electrons. The van der Waals surface area contributed by atoms with Gasteiger partial charge in [0.2, 0.25) is 0 Å². The van der Waals surface area contributed by atoms with Crippen LogP contribution in [0.25, 0.3) is 0 Å². The maximum atomic E-state index is 12.9. The zero-order chi connectivity index (χ0) is 15.9. The van der Waals surface area contributed by atoms with E-state index in [0.717, 1.165) is 17.9 Å². The van der Waals surface area contributed by atoms with Crippen molar-refractivity contribution >= 4 is 5.91 Å². The van der Waals surface area contributed by atoms with Crippen molar-refractivity contribution in [2.75, 3.05) is 13.7 Å². The second kappa shape index (κ2) is 5.61. The molecule has 118 valence electrons. The highest BCUT2D eigenvalue weighted by Gasteiger charge is 2.33. The molecule has 1 aliphatic rings. The highest BCUT2D eigenvalue weighted by Crippen LogP contribution is 2.26. The lowest BCUT2D eigenvalue weighted by molar-refractivity contribution is 0.0466. The first-order chi connectivity index (χ1) is 10.5. The molecule has 22 heavy (non-hydrogen) atoms. The number of rotatable bonds is 3. The van der Waals surface area contributed by atoms with Crippen molar-refractivity contribution in [2.24, 2.45) is 7.05 Å². The first-order valence-electron chi connectivity index (χ1n) is 7.37. The fourth-order valence-corrected chi connectivity index (χ4v) is 3.10. The molecule has 2 aromatic rings. The maximum absolute atomic E-state index is 12.9. The Morgan fingerprint density at radius 3 is 2.91 bits per heavy atom. The number of fused-ring (bicyclic) bond motifs is 1. The van der Waals surface area contributed by atoms with Crippen LogP contribution in [0.5, 0.6) is 0 Å². The van der Waals surface area contributed by atoms with E-state index in [1.165, 1.54) is 5.69 Å². The summed E-state index contributed by atoms with van der Waals surface area (Å²) in [5, 5.41) is 0. The number of carbonyl (C=O) groups is 1.